The van der Waals surface area contributed by atoms with Crippen molar-refractivity contribution in [1.29, 1.82) is 0 Å². The number of likely N-dealkylation sites (tertiary alicyclic amines) is 1. The molecule has 1 nitrogen and oxygen atoms in total. The van der Waals surface area contributed by atoms with Crippen molar-refractivity contribution < 1.29 is 0 Å². The van der Waals surface area contributed by atoms with Crippen LogP contribution in [-0.2, 0) is 0 Å². The van der Waals surface area contributed by atoms with Gasteiger partial charge in [0.05, 0.1) is 0 Å². The van der Waals surface area contributed by atoms with E-state index in [1.165, 1.54) is 50.8 Å². The summed E-state index contributed by atoms with van der Waals surface area (Å²) in [5.74, 6) is 1.03. The summed E-state index contributed by atoms with van der Waals surface area (Å²) >= 11 is 0. The minimum absolute atomic E-state index is 0.811. The number of benzene rings is 1. The van der Waals surface area contributed by atoms with Gasteiger partial charge in [-0.1, -0.05) is 42.5 Å². The average Bonchev–Trinajstić information content (AvgIpc) is 3.11. The summed E-state index contributed by atoms with van der Waals surface area (Å²) in [5.41, 5.74) is 1.32. The summed E-state index contributed by atoms with van der Waals surface area (Å²) in [4.78, 5) is 2.73. The summed E-state index contributed by atoms with van der Waals surface area (Å²) in [6.07, 6.45) is 11.6. The zero-order valence-corrected chi connectivity index (χ0v) is 11.1. The van der Waals surface area contributed by atoms with Gasteiger partial charge in [0.2, 0.25) is 0 Å². The summed E-state index contributed by atoms with van der Waals surface area (Å²) in [7, 11) is 0. The molecule has 2 aliphatic rings. The highest BCUT2D eigenvalue weighted by Gasteiger charge is 2.30. The predicted molar refractivity (Wildman–Crippen MR) is 77.4 cm³/mol. The van der Waals surface area contributed by atoms with Gasteiger partial charge in [-0.25, -0.2) is 0 Å². The maximum Gasteiger partial charge on any atom is 0.0130 e. The van der Waals surface area contributed by atoms with Crippen molar-refractivity contribution >= 4 is 6.08 Å². The lowest BCUT2D eigenvalue weighted by Gasteiger charge is -2.23. The number of hydrogen-bond donors (Lipinski definition) is 0. The van der Waals surface area contributed by atoms with E-state index >= 15 is 0 Å². The van der Waals surface area contributed by atoms with E-state index in [0.717, 1.165) is 12.0 Å². The Morgan fingerprint density at radius 3 is 2.72 bits per heavy atom. The largest absolute Gasteiger partial charge is 0.300 e. The van der Waals surface area contributed by atoms with E-state index in [1.54, 1.807) is 0 Å². The van der Waals surface area contributed by atoms with Gasteiger partial charge in [0.25, 0.3) is 0 Å². The van der Waals surface area contributed by atoms with Crippen LogP contribution in [0.4, 0.5) is 0 Å². The topological polar surface area (TPSA) is 3.24 Å². The second-order valence-corrected chi connectivity index (χ2v) is 5.78. The SMILES string of the molecule is C(=C\c1ccccc1)/C[C@@H]1CCCN1CC1CC1. The zero-order valence-electron chi connectivity index (χ0n) is 11.1. The molecule has 0 spiro atoms. The first kappa shape index (κ1) is 12.0. The second kappa shape index (κ2) is 5.71. The standard InChI is InChI=1S/C17H23N/c1-2-6-15(7-3-1)8-4-9-17-10-5-13-18(17)14-16-11-12-16/h1-4,6-8,16-17H,5,9-14H2/b8-4+/t17-/m1/s1. The van der Waals surface area contributed by atoms with Gasteiger partial charge in [-0.3, -0.25) is 4.90 Å². The fraction of sp³-hybridized carbons (Fsp3) is 0.529. The third-order valence-electron chi connectivity index (χ3n) is 4.21. The Balaban J connectivity index is 1.50. The molecule has 1 aromatic carbocycles. The van der Waals surface area contributed by atoms with Gasteiger partial charge in [0.15, 0.2) is 0 Å². The molecule has 0 aromatic heterocycles. The third-order valence-corrected chi connectivity index (χ3v) is 4.21. The lowest BCUT2D eigenvalue weighted by Crippen LogP contribution is -2.30. The first-order valence-corrected chi connectivity index (χ1v) is 7.37. The molecule has 0 N–H and O–H groups in total. The number of hydrogen-bond acceptors (Lipinski definition) is 1. The quantitative estimate of drug-likeness (QED) is 0.754. The fourth-order valence-electron chi connectivity index (χ4n) is 2.96. The summed E-state index contributed by atoms with van der Waals surface area (Å²) in [6.45, 7) is 2.70. The fourth-order valence-corrected chi connectivity index (χ4v) is 2.96. The minimum Gasteiger partial charge on any atom is -0.300 e. The molecule has 1 aliphatic carbocycles. The van der Waals surface area contributed by atoms with Crippen LogP contribution in [0.3, 0.4) is 0 Å². The lowest BCUT2D eigenvalue weighted by molar-refractivity contribution is 0.245. The Hall–Kier alpha value is -1.08. The molecule has 18 heavy (non-hydrogen) atoms. The number of rotatable bonds is 5. The Kier molecular flexibility index (Phi) is 3.80. The van der Waals surface area contributed by atoms with Crippen LogP contribution in [0.15, 0.2) is 36.4 Å². The van der Waals surface area contributed by atoms with Gasteiger partial charge in [-0.15, -0.1) is 0 Å². The maximum atomic E-state index is 2.73. The van der Waals surface area contributed by atoms with Gasteiger partial charge < -0.3 is 0 Å². The van der Waals surface area contributed by atoms with E-state index in [-0.39, 0.29) is 0 Å². The van der Waals surface area contributed by atoms with E-state index < -0.39 is 0 Å². The smallest absolute Gasteiger partial charge is 0.0130 e. The van der Waals surface area contributed by atoms with Crippen molar-refractivity contribution in [3.8, 4) is 0 Å². The van der Waals surface area contributed by atoms with Gasteiger partial charge in [0, 0.05) is 12.6 Å². The third kappa shape index (κ3) is 3.23. The van der Waals surface area contributed by atoms with Crippen LogP contribution >= 0.6 is 0 Å². The lowest BCUT2D eigenvalue weighted by atomic mass is 10.1. The van der Waals surface area contributed by atoms with Crippen LogP contribution in [0.25, 0.3) is 6.08 Å². The molecule has 1 aromatic rings. The van der Waals surface area contributed by atoms with Crippen LogP contribution in [0.5, 0.6) is 0 Å². The highest BCUT2D eigenvalue weighted by molar-refractivity contribution is 5.48. The van der Waals surface area contributed by atoms with Crippen LogP contribution in [0.2, 0.25) is 0 Å². The molecule has 1 heteroatoms. The molecule has 0 unspecified atom stereocenters. The van der Waals surface area contributed by atoms with Crippen molar-refractivity contribution in [3.63, 3.8) is 0 Å². The molecule has 1 heterocycles. The molecule has 1 saturated carbocycles. The normalized spacial score (nSPS) is 25.0. The van der Waals surface area contributed by atoms with Crippen molar-refractivity contribution in [2.24, 2.45) is 5.92 Å². The molecular formula is C17H23N. The van der Waals surface area contributed by atoms with Crippen LogP contribution in [0.1, 0.15) is 37.7 Å². The average molecular weight is 241 g/mol. The van der Waals surface area contributed by atoms with Gasteiger partial charge >= 0.3 is 0 Å². The first-order chi connectivity index (χ1) is 8.92. The molecule has 3 rings (SSSR count). The molecule has 0 radical (unpaired) electrons. The zero-order chi connectivity index (χ0) is 12.2. The highest BCUT2D eigenvalue weighted by atomic mass is 15.2. The maximum absolute atomic E-state index is 2.73. The summed E-state index contributed by atoms with van der Waals surface area (Å²) in [6, 6.07) is 11.4. The molecule has 1 saturated heterocycles. The van der Waals surface area contributed by atoms with E-state index in [1.807, 2.05) is 0 Å². The Morgan fingerprint density at radius 1 is 1.11 bits per heavy atom. The molecular weight excluding hydrogens is 218 g/mol. The number of nitrogens with zero attached hydrogens (tertiary/aromatic N) is 1. The van der Waals surface area contributed by atoms with Gasteiger partial charge in [0.1, 0.15) is 0 Å². The molecule has 2 fully saturated rings. The summed E-state index contributed by atoms with van der Waals surface area (Å²) in [5, 5.41) is 0. The van der Waals surface area contributed by atoms with Crippen molar-refractivity contribution in [1.82, 2.24) is 4.90 Å². The highest BCUT2D eigenvalue weighted by Crippen LogP contribution is 2.33. The molecule has 0 amide bonds. The van der Waals surface area contributed by atoms with E-state index in [9.17, 15) is 0 Å². The van der Waals surface area contributed by atoms with Crippen molar-refractivity contribution in [2.45, 2.75) is 38.1 Å². The minimum atomic E-state index is 0.811. The van der Waals surface area contributed by atoms with Gasteiger partial charge in [-0.05, 0) is 50.1 Å². The van der Waals surface area contributed by atoms with E-state index in [4.69, 9.17) is 0 Å². The van der Waals surface area contributed by atoms with Crippen LogP contribution in [0, 0.1) is 5.92 Å². The van der Waals surface area contributed by atoms with Crippen LogP contribution in [-0.4, -0.2) is 24.0 Å². The van der Waals surface area contributed by atoms with E-state index in [2.05, 4.69) is 47.4 Å². The predicted octanol–water partition coefficient (Wildman–Crippen LogP) is 3.96. The first-order valence-electron chi connectivity index (χ1n) is 7.37. The molecule has 96 valence electrons. The molecule has 1 atom stereocenters. The second-order valence-electron chi connectivity index (χ2n) is 5.78. The molecule has 1 aliphatic heterocycles. The Morgan fingerprint density at radius 2 is 1.94 bits per heavy atom. The summed E-state index contributed by atoms with van der Waals surface area (Å²) < 4.78 is 0. The Labute approximate surface area is 111 Å². The van der Waals surface area contributed by atoms with Gasteiger partial charge in [-0.2, -0.15) is 0 Å². The Bertz CT molecular complexity index is 391. The van der Waals surface area contributed by atoms with E-state index in [0.29, 0.717) is 0 Å². The van der Waals surface area contributed by atoms with Crippen molar-refractivity contribution in [3.05, 3.63) is 42.0 Å². The van der Waals surface area contributed by atoms with Crippen molar-refractivity contribution in [2.75, 3.05) is 13.1 Å². The monoisotopic (exact) mass is 241 g/mol. The molecule has 0 bridgehead atoms. The van der Waals surface area contributed by atoms with Crippen LogP contribution < -0.4 is 0 Å².